The average molecular weight is 529 g/mol. The number of aliphatic hydroxyl groups excluding tert-OH is 2. The van der Waals surface area contributed by atoms with Crippen LogP contribution >= 0.6 is 0 Å². The molecular weight excluding hydrogens is 488 g/mol. The van der Waals surface area contributed by atoms with Crippen molar-refractivity contribution in [3.63, 3.8) is 0 Å². The highest BCUT2D eigenvalue weighted by atomic mass is 16.6. The molecule has 4 unspecified atom stereocenters. The highest BCUT2D eigenvalue weighted by molar-refractivity contribution is 5.96. The van der Waals surface area contributed by atoms with Gasteiger partial charge in [-0.3, -0.25) is 9.59 Å². The molecule has 0 bridgehead atoms. The van der Waals surface area contributed by atoms with Crippen molar-refractivity contribution in [2.45, 2.75) is 76.9 Å². The number of nitrogens with zero attached hydrogens (tertiary/aromatic N) is 2. The zero-order valence-corrected chi connectivity index (χ0v) is 22.3. The van der Waals surface area contributed by atoms with Gasteiger partial charge in [-0.25, -0.2) is 4.98 Å². The summed E-state index contributed by atoms with van der Waals surface area (Å²) in [4.78, 5) is 37.0. The summed E-state index contributed by atoms with van der Waals surface area (Å²) < 4.78 is 0. The van der Waals surface area contributed by atoms with Gasteiger partial charge < -0.3 is 30.5 Å². The van der Waals surface area contributed by atoms with Gasteiger partial charge in [-0.1, -0.05) is 24.6 Å². The number of nitrogens with one attached hydrogen (secondary N) is 2. The average Bonchev–Trinajstić information content (AvgIpc) is 3.49. The maximum absolute atomic E-state index is 12.6. The monoisotopic (exact) mass is 528 g/mol. The Labute approximate surface area is 222 Å². The summed E-state index contributed by atoms with van der Waals surface area (Å²) in [6.07, 6.45) is 10.1. The number of carbonyl (C=O) groups is 2. The van der Waals surface area contributed by atoms with E-state index < -0.39 is 29.5 Å². The van der Waals surface area contributed by atoms with Gasteiger partial charge in [0.2, 0.25) is 0 Å². The van der Waals surface area contributed by atoms with E-state index in [0.29, 0.717) is 32.2 Å². The molecule has 1 aromatic rings. The number of oxime groups is 1. The molecule has 10 heteroatoms. The molecule has 7 atom stereocenters. The fourth-order valence-electron chi connectivity index (χ4n) is 8.35. The maximum atomic E-state index is 12.6. The summed E-state index contributed by atoms with van der Waals surface area (Å²) in [5, 5.41) is 39.4. The summed E-state index contributed by atoms with van der Waals surface area (Å²) in [6.45, 7) is 3.82. The zero-order valence-electron chi connectivity index (χ0n) is 22.3. The molecule has 3 fully saturated rings. The van der Waals surface area contributed by atoms with E-state index in [9.17, 15) is 24.9 Å². The number of imidazole rings is 1. The third-order valence-electron chi connectivity index (χ3n) is 10.3. The van der Waals surface area contributed by atoms with Crippen molar-refractivity contribution in [3.8, 4) is 0 Å². The van der Waals surface area contributed by atoms with Crippen LogP contribution in [0.1, 0.15) is 64.5 Å². The van der Waals surface area contributed by atoms with Crippen molar-refractivity contribution in [2.75, 3.05) is 19.8 Å². The number of fused-ring (bicyclic) bond motifs is 5. The van der Waals surface area contributed by atoms with E-state index >= 15 is 0 Å². The lowest BCUT2D eigenvalue weighted by atomic mass is 9.45. The first-order valence-electron chi connectivity index (χ1n) is 13.8. The van der Waals surface area contributed by atoms with E-state index in [1.165, 1.54) is 5.57 Å². The second kappa shape index (κ2) is 10.2. The fourth-order valence-corrected chi connectivity index (χ4v) is 8.35. The van der Waals surface area contributed by atoms with Crippen LogP contribution in [0.15, 0.2) is 29.3 Å². The molecule has 1 heterocycles. The van der Waals surface area contributed by atoms with Crippen molar-refractivity contribution in [1.82, 2.24) is 15.3 Å². The first-order chi connectivity index (χ1) is 18.1. The van der Waals surface area contributed by atoms with Crippen LogP contribution in [0.5, 0.6) is 0 Å². The molecule has 10 nitrogen and oxygen atoms in total. The van der Waals surface area contributed by atoms with E-state index in [1.54, 1.807) is 12.5 Å². The first kappa shape index (κ1) is 27.0. The normalized spacial score (nSPS) is 39.1. The van der Waals surface area contributed by atoms with Gasteiger partial charge in [0.1, 0.15) is 12.2 Å². The van der Waals surface area contributed by atoms with Crippen molar-refractivity contribution < 1.29 is 29.7 Å². The minimum Gasteiger partial charge on any atom is -0.393 e. The Bertz CT molecular complexity index is 1120. The number of H-pyrrole nitrogens is 1. The highest BCUT2D eigenvalue weighted by Gasteiger charge is 2.68. The van der Waals surface area contributed by atoms with Crippen LogP contribution in [0.3, 0.4) is 0 Å². The molecule has 1 aromatic heterocycles. The predicted octanol–water partition coefficient (Wildman–Crippen LogP) is 1.67. The van der Waals surface area contributed by atoms with Gasteiger partial charge in [-0.05, 0) is 74.2 Å². The highest BCUT2D eigenvalue weighted by Crippen LogP contribution is 2.67. The standard InChI is InChI=1S/C28H40N4O6/c1-26-8-5-18(32-38-15-24(36)30-10-7-19-13-29-16-31-19)11-17(26)3-4-20-21-6-9-28(37,23(35)14-33)27(21,2)12-22(34)25(20)26/h11,13,16,20-22,25,33-34,37H,3-10,12,14-15H2,1-2H3,(H,29,31)(H,30,36)/b32-18-/t20?,21?,22?,25?,26-,27-,28-/m0/s1. The Morgan fingerprint density at radius 1 is 1.26 bits per heavy atom. The van der Waals surface area contributed by atoms with E-state index in [2.05, 4.69) is 33.4 Å². The number of amides is 1. The van der Waals surface area contributed by atoms with Crippen LogP contribution in [-0.2, 0) is 20.8 Å². The van der Waals surface area contributed by atoms with Crippen molar-refractivity contribution in [3.05, 3.63) is 29.9 Å². The number of carbonyl (C=O) groups excluding carboxylic acids is 2. The van der Waals surface area contributed by atoms with Gasteiger partial charge in [0.05, 0.1) is 18.1 Å². The van der Waals surface area contributed by atoms with Crippen LogP contribution in [0.2, 0.25) is 0 Å². The smallest absolute Gasteiger partial charge is 0.260 e. The lowest BCUT2D eigenvalue weighted by Gasteiger charge is -2.60. The van der Waals surface area contributed by atoms with Gasteiger partial charge >= 0.3 is 0 Å². The fraction of sp³-hybridized carbons (Fsp3) is 0.714. The summed E-state index contributed by atoms with van der Waals surface area (Å²) >= 11 is 0. The summed E-state index contributed by atoms with van der Waals surface area (Å²) in [5.41, 5.74) is 0.490. The van der Waals surface area contributed by atoms with E-state index in [1.807, 2.05) is 6.92 Å². The number of aromatic amines is 1. The quantitative estimate of drug-likeness (QED) is 0.321. The molecule has 0 aromatic carbocycles. The number of hydrogen-bond acceptors (Lipinski definition) is 8. The SMILES string of the molecule is C[C@]12CC/C(=N/OCC(=O)NCCc3cnc[nH]3)C=C1CCC1C2C(O)C[C@@]2(C)C1CC[C@]2(O)C(=O)CO. The van der Waals surface area contributed by atoms with Gasteiger partial charge in [0.15, 0.2) is 12.4 Å². The lowest BCUT2D eigenvalue weighted by molar-refractivity contribution is -0.181. The van der Waals surface area contributed by atoms with Crippen LogP contribution in [0, 0.1) is 28.6 Å². The van der Waals surface area contributed by atoms with Crippen molar-refractivity contribution in [2.24, 2.45) is 33.7 Å². The topological polar surface area (TPSA) is 157 Å². The Morgan fingerprint density at radius 3 is 2.82 bits per heavy atom. The third-order valence-corrected chi connectivity index (χ3v) is 10.3. The lowest BCUT2D eigenvalue weighted by Crippen LogP contribution is -2.62. The molecule has 0 radical (unpaired) electrons. The van der Waals surface area contributed by atoms with E-state index in [4.69, 9.17) is 4.84 Å². The molecular formula is C28H40N4O6. The molecule has 5 rings (SSSR count). The Kier molecular flexibility index (Phi) is 7.26. The maximum Gasteiger partial charge on any atom is 0.260 e. The van der Waals surface area contributed by atoms with Crippen LogP contribution < -0.4 is 5.32 Å². The predicted molar refractivity (Wildman–Crippen MR) is 139 cm³/mol. The molecule has 4 aliphatic rings. The van der Waals surface area contributed by atoms with E-state index in [0.717, 1.165) is 37.1 Å². The molecule has 1 amide bonds. The number of Topliss-reactive ketones (excluding diaryl/α,β-unsaturated/α-hetero) is 1. The molecule has 0 aliphatic heterocycles. The molecule has 208 valence electrons. The van der Waals surface area contributed by atoms with Gasteiger partial charge in [-0.2, -0.15) is 0 Å². The Hall–Kier alpha value is -2.56. The van der Waals surface area contributed by atoms with Crippen LogP contribution in [-0.4, -0.2) is 74.2 Å². The Balaban J connectivity index is 1.23. The summed E-state index contributed by atoms with van der Waals surface area (Å²) in [6, 6.07) is 0. The van der Waals surface area contributed by atoms with Crippen LogP contribution in [0.25, 0.3) is 0 Å². The number of ketones is 1. The molecule has 4 aliphatic carbocycles. The van der Waals surface area contributed by atoms with E-state index in [-0.39, 0.29) is 35.7 Å². The van der Waals surface area contributed by atoms with Crippen molar-refractivity contribution in [1.29, 1.82) is 0 Å². The first-order valence-corrected chi connectivity index (χ1v) is 13.8. The second-order valence-electron chi connectivity index (χ2n) is 12.1. The minimum atomic E-state index is -1.58. The van der Waals surface area contributed by atoms with Crippen molar-refractivity contribution >= 4 is 17.4 Å². The molecule has 5 N–H and O–H groups in total. The molecule has 0 spiro atoms. The number of hydrogen-bond donors (Lipinski definition) is 5. The van der Waals surface area contributed by atoms with Crippen LogP contribution in [0.4, 0.5) is 0 Å². The summed E-state index contributed by atoms with van der Waals surface area (Å²) in [7, 11) is 0. The number of aromatic nitrogens is 2. The van der Waals surface area contributed by atoms with Gasteiger partial charge in [0, 0.05) is 30.3 Å². The molecule has 0 saturated heterocycles. The minimum absolute atomic E-state index is 0.0373. The summed E-state index contributed by atoms with van der Waals surface area (Å²) in [5.74, 6) is -0.394. The number of aliphatic hydroxyl groups is 3. The van der Waals surface area contributed by atoms with Gasteiger partial charge in [0.25, 0.3) is 5.91 Å². The van der Waals surface area contributed by atoms with Gasteiger partial charge in [-0.15, -0.1) is 0 Å². The number of allylic oxidation sites excluding steroid dienone is 2. The largest absolute Gasteiger partial charge is 0.393 e. The molecule has 38 heavy (non-hydrogen) atoms. The second-order valence-corrected chi connectivity index (χ2v) is 12.1. The molecule has 3 saturated carbocycles. The number of rotatable bonds is 8. The Morgan fingerprint density at radius 2 is 2.08 bits per heavy atom. The zero-order chi connectivity index (χ0) is 27.1. The third kappa shape index (κ3) is 4.40.